The quantitative estimate of drug-likeness (QED) is 0.444. The van der Waals surface area contributed by atoms with Crippen molar-refractivity contribution in [3.05, 3.63) is 23.3 Å². The maximum absolute atomic E-state index is 11.6. The van der Waals surface area contributed by atoms with Crippen LogP contribution in [-0.4, -0.2) is 24.1 Å². The molecule has 4 rings (SSSR count). The summed E-state index contributed by atoms with van der Waals surface area (Å²) in [5.74, 6) is 1.38. The first-order chi connectivity index (χ1) is 13.8. The summed E-state index contributed by atoms with van der Waals surface area (Å²) in [6.07, 6.45) is 12.8. The van der Waals surface area contributed by atoms with E-state index >= 15 is 0 Å². The van der Waals surface area contributed by atoms with Gasteiger partial charge in [-0.05, 0) is 62.7 Å². The molecule has 5 heteroatoms. The number of carbonyl (C=O) groups is 2. The first-order valence-corrected chi connectivity index (χ1v) is 11.6. The number of ether oxygens (including phenoxy) is 2. The van der Waals surface area contributed by atoms with Crippen molar-refractivity contribution in [1.82, 2.24) is 0 Å². The van der Waals surface area contributed by atoms with Crippen molar-refractivity contribution < 1.29 is 19.1 Å². The van der Waals surface area contributed by atoms with Gasteiger partial charge in [-0.15, -0.1) is 0 Å². The predicted molar refractivity (Wildman–Crippen MR) is 112 cm³/mol. The van der Waals surface area contributed by atoms with Crippen molar-refractivity contribution in [2.75, 3.05) is 0 Å². The van der Waals surface area contributed by atoms with Gasteiger partial charge in [0.2, 0.25) is 0 Å². The molecule has 0 heterocycles. The molecule has 0 radical (unpaired) electrons. The molecule has 0 saturated heterocycles. The van der Waals surface area contributed by atoms with Gasteiger partial charge in [-0.25, -0.2) is 0 Å². The lowest BCUT2D eigenvalue weighted by molar-refractivity contribution is -0.156. The van der Waals surface area contributed by atoms with Gasteiger partial charge in [-0.2, -0.15) is 0 Å². The molecule has 4 aliphatic carbocycles. The average Bonchev–Trinajstić information content (AvgIpc) is 2.97. The zero-order valence-corrected chi connectivity index (χ0v) is 18.5. The molecule has 4 aliphatic rings. The lowest BCUT2D eigenvalue weighted by Crippen LogP contribution is -2.52. The first-order valence-electron chi connectivity index (χ1n) is 11.1. The Kier molecular flexibility index (Phi) is 5.61. The lowest BCUT2D eigenvalue weighted by atomic mass is 9.47. The van der Waals surface area contributed by atoms with Crippen molar-refractivity contribution >= 4 is 23.5 Å². The minimum absolute atomic E-state index is 0.0117. The molecule has 0 aromatic carbocycles. The zero-order valence-electron chi connectivity index (χ0n) is 17.8. The molecule has 7 atom stereocenters. The molecule has 0 aromatic rings. The van der Waals surface area contributed by atoms with Gasteiger partial charge < -0.3 is 9.47 Å². The molecule has 29 heavy (non-hydrogen) atoms. The Morgan fingerprint density at radius 3 is 2.52 bits per heavy atom. The van der Waals surface area contributed by atoms with E-state index in [4.69, 9.17) is 21.1 Å². The van der Waals surface area contributed by atoms with Gasteiger partial charge in [0.05, 0.1) is 0 Å². The standard InChI is InChI=1S/C24H33ClO4/c1-15(26)28-18-8-11-24(12-13-25)17(14-18)4-5-19-20-6-7-22(29-16(2)27)23(20,3)10-9-21(19)24/h4,12-13,18-22H,5-11,14H2,1-3H3/b13-12-/t18-,19?,20?,21?,22-,23-,24+/m0/s1. The summed E-state index contributed by atoms with van der Waals surface area (Å²) in [6, 6.07) is 0. The summed E-state index contributed by atoms with van der Waals surface area (Å²) in [4.78, 5) is 23.1. The Balaban J connectivity index is 1.62. The molecule has 0 N–H and O–H groups in total. The summed E-state index contributed by atoms with van der Waals surface area (Å²) >= 11 is 6.17. The Morgan fingerprint density at radius 2 is 1.83 bits per heavy atom. The van der Waals surface area contributed by atoms with Crippen LogP contribution in [0.1, 0.15) is 72.1 Å². The van der Waals surface area contributed by atoms with Gasteiger partial charge in [-0.3, -0.25) is 9.59 Å². The van der Waals surface area contributed by atoms with Crippen LogP contribution in [0.2, 0.25) is 0 Å². The maximum atomic E-state index is 11.6. The van der Waals surface area contributed by atoms with Crippen LogP contribution in [0, 0.1) is 28.6 Å². The van der Waals surface area contributed by atoms with Crippen LogP contribution in [0.4, 0.5) is 0 Å². The van der Waals surface area contributed by atoms with E-state index in [1.54, 1.807) is 5.54 Å². The molecule has 3 unspecified atom stereocenters. The highest BCUT2D eigenvalue weighted by Crippen LogP contribution is 2.65. The van der Waals surface area contributed by atoms with Crippen LogP contribution >= 0.6 is 11.6 Å². The molecule has 0 aromatic heterocycles. The van der Waals surface area contributed by atoms with Crippen molar-refractivity contribution in [2.45, 2.75) is 84.3 Å². The van der Waals surface area contributed by atoms with Crippen molar-refractivity contribution in [3.8, 4) is 0 Å². The number of halogens is 1. The van der Waals surface area contributed by atoms with Crippen LogP contribution in [0.5, 0.6) is 0 Å². The molecule has 160 valence electrons. The van der Waals surface area contributed by atoms with Crippen molar-refractivity contribution in [2.24, 2.45) is 28.6 Å². The largest absolute Gasteiger partial charge is 0.462 e. The van der Waals surface area contributed by atoms with E-state index < -0.39 is 0 Å². The van der Waals surface area contributed by atoms with Gasteiger partial charge in [0.15, 0.2) is 0 Å². The molecule has 0 amide bonds. The number of hydrogen-bond acceptors (Lipinski definition) is 4. The number of hydrogen-bond donors (Lipinski definition) is 0. The summed E-state index contributed by atoms with van der Waals surface area (Å²) in [6.45, 7) is 5.36. The highest BCUT2D eigenvalue weighted by atomic mass is 35.5. The third-order valence-electron chi connectivity index (χ3n) is 8.57. The third-order valence-corrected chi connectivity index (χ3v) is 8.70. The molecule has 3 fully saturated rings. The van der Waals surface area contributed by atoms with Crippen LogP contribution in [0.3, 0.4) is 0 Å². The Morgan fingerprint density at radius 1 is 1.07 bits per heavy atom. The van der Waals surface area contributed by atoms with E-state index in [2.05, 4.69) is 19.1 Å². The van der Waals surface area contributed by atoms with E-state index in [-0.39, 0.29) is 35.0 Å². The van der Waals surface area contributed by atoms with E-state index in [0.29, 0.717) is 17.8 Å². The second-order valence-electron chi connectivity index (χ2n) is 9.87. The predicted octanol–water partition coefficient (Wildman–Crippen LogP) is 5.55. The van der Waals surface area contributed by atoms with Gasteiger partial charge >= 0.3 is 11.9 Å². The smallest absolute Gasteiger partial charge is 0.302 e. The molecule has 0 spiro atoms. The molecule has 0 aliphatic heterocycles. The van der Waals surface area contributed by atoms with Crippen molar-refractivity contribution in [1.29, 1.82) is 0 Å². The van der Waals surface area contributed by atoms with Crippen LogP contribution < -0.4 is 0 Å². The summed E-state index contributed by atoms with van der Waals surface area (Å²) in [7, 11) is 0. The van der Waals surface area contributed by atoms with Crippen LogP contribution in [0.25, 0.3) is 0 Å². The van der Waals surface area contributed by atoms with E-state index in [1.807, 2.05) is 0 Å². The molecular formula is C24H33ClO4. The van der Waals surface area contributed by atoms with Gasteiger partial charge in [0.1, 0.15) is 12.2 Å². The fourth-order valence-electron chi connectivity index (χ4n) is 7.44. The Bertz CT molecular complexity index is 743. The number of carbonyl (C=O) groups excluding carboxylic acids is 2. The highest BCUT2D eigenvalue weighted by molar-refractivity contribution is 6.25. The maximum Gasteiger partial charge on any atom is 0.302 e. The SMILES string of the molecule is CC(=O)O[C@H]1CC[C@@]2(/C=C\Cl)C(=CCC3C2CC[C@@]2(C)C3CC[C@@H]2OC(C)=O)C1. The van der Waals surface area contributed by atoms with Gasteiger partial charge in [-0.1, -0.05) is 36.2 Å². The second-order valence-corrected chi connectivity index (χ2v) is 10.1. The highest BCUT2D eigenvalue weighted by Gasteiger charge is 2.60. The van der Waals surface area contributed by atoms with Crippen LogP contribution in [-0.2, 0) is 19.1 Å². The minimum Gasteiger partial charge on any atom is -0.462 e. The lowest BCUT2D eigenvalue weighted by Gasteiger charge is -2.58. The van der Waals surface area contributed by atoms with Crippen LogP contribution in [0.15, 0.2) is 23.3 Å². The fraction of sp³-hybridized carbons (Fsp3) is 0.750. The number of fused-ring (bicyclic) bond motifs is 5. The summed E-state index contributed by atoms with van der Waals surface area (Å²) < 4.78 is 11.3. The Hall–Kier alpha value is -1.29. The summed E-state index contributed by atoms with van der Waals surface area (Å²) in [5, 5.41) is 0. The molecule has 0 bridgehead atoms. The molecule has 4 nitrogen and oxygen atoms in total. The third kappa shape index (κ3) is 3.45. The number of rotatable bonds is 3. The number of esters is 2. The topological polar surface area (TPSA) is 52.6 Å². The normalized spacial score (nSPS) is 43.7. The molecule has 3 saturated carbocycles. The fourth-order valence-corrected chi connectivity index (χ4v) is 7.66. The summed E-state index contributed by atoms with van der Waals surface area (Å²) in [5.41, 5.74) is 3.18. The average molecular weight is 421 g/mol. The van der Waals surface area contributed by atoms with E-state index in [0.717, 1.165) is 51.4 Å². The van der Waals surface area contributed by atoms with Crippen molar-refractivity contribution in [3.63, 3.8) is 0 Å². The first kappa shape index (κ1) is 21.0. The monoisotopic (exact) mass is 420 g/mol. The van der Waals surface area contributed by atoms with E-state index in [9.17, 15) is 9.59 Å². The minimum atomic E-state index is -0.194. The second kappa shape index (κ2) is 7.76. The van der Waals surface area contributed by atoms with Gasteiger partial charge in [0, 0.05) is 36.6 Å². The number of allylic oxidation sites excluding steroid dienone is 2. The Labute approximate surface area is 179 Å². The molecular weight excluding hydrogens is 388 g/mol. The van der Waals surface area contributed by atoms with Gasteiger partial charge in [0.25, 0.3) is 0 Å². The zero-order chi connectivity index (χ0) is 20.8. The van der Waals surface area contributed by atoms with E-state index in [1.165, 1.54) is 19.4 Å².